The van der Waals surface area contributed by atoms with E-state index >= 15 is 0 Å². The van der Waals surface area contributed by atoms with Crippen molar-refractivity contribution < 1.29 is 8.42 Å². The molecule has 0 saturated carbocycles. The van der Waals surface area contributed by atoms with Gasteiger partial charge in [-0.25, -0.2) is 8.42 Å². The van der Waals surface area contributed by atoms with Crippen molar-refractivity contribution in [2.45, 2.75) is 12.5 Å². The van der Waals surface area contributed by atoms with Gasteiger partial charge in [0.1, 0.15) is 0 Å². The van der Waals surface area contributed by atoms with Gasteiger partial charge in [-0.15, -0.1) is 0 Å². The first-order valence-corrected chi connectivity index (χ1v) is 8.70. The second-order valence-corrected chi connectivity index (χ2v) is 7.71. The molecule has 2 heterocycles. The summed E-state index contributed by atoms with van der Waals surface area (Å²) < 4.78 is 22.9. The molecule has 104 valence electrons. The van der Waals surface area contributed by atoms with E-state index in [0.29, 0.717) is 30.6 Å². The summed E-state index contributed by atoms with van der Waals surface area (Å²) in [6.45, 7) is 3.26. The highest BCUT2D eigenvalue weighted by atomic mass is 32.2. The molecule has 5 heteroatoms. The number of sulfone groups is 1. The second-order valence-electron chi connectivity index (χ2n) is 5.41. The Labute approximate surface area is 114 Å². The molecule has 3 rings (SSSR count). The van der Waals surface area contributed by atoms with E-state index in [4.69, 9.17) is 0 Å². The third-order valence-corrected chi connectivity index (χ3v) is 5.70. The minimum absolute atomic E-state index is 0.307. The first-order chi connectivity index (χ1) is 9.14. The second kappa shape index (κ2) is 5.23. The van der Waals surface area contributed by atoms with Crippen LogP contribution in [-0.2, 0) is 16.3 Å². The molecule has 1 aromatic carbocycles. The van der Waals surface area contributed by atoms with Crippen LogP contribution in [0.25, 0.3) is 0 Å². The Morgan fingerprint density at radius 3 is 2.74 bits per heavy atom. The fraction of sp³-hybridized carbons (Fsp3) is 0.571. The first-order valence-electron chi connectivity index (χ1n) is 6.88. The molecule has 2 aliphatic heterocycles. The first kappa shape index (κ1) is 13.1. The third-order valence-electron chi connectivity index (χ3n) is 4.09. The van der Waals surface area contributed by atoms with Crippen molar-refractivity contribution in [2.75, 3.05) is 37.7 Å². The number of hydrogen-bond acceptors (Lipinski definition) is 4. The van der Waals surface area contributed by atoms with Crippen molar-refractivity contribution in [1.29, 1.82) is 0 Å². The van der Waals surface area contributed by atoms with Crippen molar-refractivity contribution in [3.05, 3.63) is 35.4 Å². The standard InChI is InChI=1S/C14H20N2O2S/c17-19(18)9-7-16(8-10-19)11-14-13-4-2-1-3-12(13)5-6-15-14/h1-4,14-15H,5-11H2. The SMILES string of the molecule is O=S1(=O)CCN(CC2NCCc3ccccc32)CC1. The van der Waals surface area contributed by atoms with Gasteiger partial charge in [0.25, 0.3) is 0 Å². The van der Waals surface area contributed by atoms with E-state index in [1.807, 2.05) is 0 Å². The molecule has 0 aliphatic carbocycles. The summed E-state index contributed by atoms with van der Waals surface area (Å²) in [5, 5.41) is 3.55. The van der Waals surface area contributed by atoms with Gasteiger partial charge in [0.2, 0.25) is 0 Å². The van der Waals surface area contributed by atoms with Gasteiger partial charge >= 0.3 is 0 Å². The van der Waals surface area contributed by atoms with E-state index in [2.05, 4.69) is 34.5 Å². The van der Waals surface area contributed by atoms with Gasteiger partial charge in [0.15, 0.2) is 9.84 Å². The van der Waals surface area contributed by atoms with Crippen LogP contribution in [0.5, 0.6) is 0 Å². The lowest BCUT2D eigenvalue weighted by atomic mass is 9.94. The van der Waals surface area contributed by atoms with E-state index in [1.165, 1.54) is 11.1 Å². The molecule has 0 amide bonds. The van der Waals surface area contributed by atoms with Crippen LogP contribution in [0.2, 0.25) is 0 Å². The Kier molecular flexibility index (Phi) is 3.60. The molecule has 1 aromatic rings. The zero-order valence-corrected chi connectivity index (χ0v) is 11.8. The predicted octanol–water partition coefficient (Wildman–Crippen LogP) is 0.604. The van der Waals surface area contributed by atoms with Crippen molar-refractivity contribution in [1.82, 2.24) is 10.2 Å². The molecule has 1 atom stereocenters. The predicted molar refractivity (Wildman–Crippen MR) is 76.0 cm³/mol. The summed E-state index contributed by atoms with van der Waals surface area (Å²) in [6.07, 6.45) is 1.08. The Balaban J connectivity index is 1.68. The minimum Gasteiger partial charge on any atom is -0.309 e. The van der Waals surface area contributed by atoms with Crippen LogP contribution in [0.4, 0.5) is 0 Å². The Bertz CT molecular complexity index is 542. The maximum Gasteiger partial charge on any atom is 0.152 e. The van der Waals surface area contributed by atoms with Gasteiger partial charge in [-0.3, -0.25) is 4.90 Å². The molecule has 4 nitrogen and oxygen atoms in total. The van der Waals surface area contributed by atoms with Crippen LogP contribution < -0.4 is 5.32 Å². The fourth-order valence-electron chi connectivity index (χ4n) is 2.95. The highest BCUT2D eigenvalue weighted by Crippen LogP contribution is 2.23. The maximum atomic E-state index is 11.4. The van der Waals surface area contributed by atoms with Crippen LogP contribution >= 0.6 is 0 Å². The van der Waals surface area contributed by atoms with E-state index in [1.54, 1.807) is 0 Å². The minimum atomic E-state index is -2.78. The van der Waals surface area contributed by atoms with Crippen LogP contribution in [0.15, 0.2) is 24.3 Å². The quantitative estimate of drug-likeness (QED) is 0.862. The molecule has 2 aliphatic rings. The lowest BCUT2D eigenvalue weighted by Gasteiger charge is -2.34. The normalized spacial score (nSPS) is 26.8. The maximum absolute atomic E-state index is 11.4. The van der Waals surface area contributed by atoms with Crippen LogP contribution in [-0.4, -0.2) is 51.0 Å². The van der Waals surface area contributed by atoms with Crippen molar-refractivity contribution in [2.24, 2.45) is 0 Å². The smallest absolute Gasteiger partial charge is 0.152 e. The number of rotatable bonds is 2. The largest absolute Gasteiger partial charge is 0.309 e. The molecular weight excluding hydrogens is 260 g/mol. The molecule has 0 bridgehead atoms. The Morgan fingerprint density at radius 2 is 1.95 bits per heavy atom. The van der Waals surface area contributed by atoms with Gasteiger partial charge in [0, 0.05) is 25.7 Å². The van der Waals surface area contributed by atoms with Gasteiger partial charge < -0.3 is 5.32 Å². The summed E-state index contributed by atoms with van der Waals surface area (Å²) in [7, 11) is -2.78. The Morgan fingerprint density at radius 1 is 1.21 bits per heavy atom. The van der Waals surface area contributed by atoms with E-state index in [9.17, 15) is 8.42 Å². The van der Waals surface area contributed by atoms with E-state index < -0.39 is 9.84 Å². The van der Waals surface area contributed by atoms with Crippen molar-refractivity contribution >= 4 is 9.84 Å². The monoisotopic (exact) mass is 280 g/mol. The van der Waals surface area contributed by atoms with Gasteiger partial charge in [-0.2, -0.15) is 0 Å². The number of hydrogen-bond donors (Lipinski definition) is 1. The molecule has 1 unspecified atom stereocenters. The lowest BCUT2D eigenvalue weighted by Crippen LogP contribution is -2.45. The average Bonchev–Trinajstić information content (AvgIpc) is 2.42. The zero-order valence-electron chi connectivity index (χ0n) is 11.0. The summed E-state index contributed by atoms with van der Waals surface area (Å²) in [6, 6.07) is 8.90. The molecule has 1 saturated heterocycles. The average molecular weight is 280 g/mol. The number of nitrogens with zero attached hydrogens (tertiary/aromatic N) is 1. The Hall–Kier alpha value is -0.910. The fourth-order valence-corrected chi connectivity index (χ4v) is 4.22. The molecule has 0 radical (unpaired) electrons. The van der Waals surface area contributed by atoms with Gasteiger partial charge in [-0.05, 0) is 24.1 Å². The summed E-state index contributed by atoms with van der Waals surface area (Å²) in [5.74, 6) is 0.614. The van der Waals surface area contributed by atoms with E-state index in [-0.39, 0.29) is 0 Å². The number of benzene rings is 1. The van der Waals surface area contributed by atoms with E-state index in [0.717, 1.165) is 19.5 Å². The summed E-state index contributed by atoms with van der Waals surface area (Å²) in [5.41, 5.74) is 2.80. The molecule has 1 fully saturated rings. The summed E-state index contributed by atoms with van der Waals surface area (Å²) in [4.78, 5) is 2.26. The number of fused-ring (bicyclic) bond motifs is 1. The zero-order chi connectivity index (χ0) is 13.3. The lowest BCUT2D eigenvalue weighted by molar-refractivity contribution is 0.256. The molecule has 0 spiro atoms. The topological polar surface area (TPSA) is 49.4 Å². The van der Waals surface area contributed by atoms with Crippen molar-refractivity contribution in [3.63, 3.8) is 0 Å². The van der Waals surface area contributed by atoms with Gasteiger partial charge in [0.05, 0.1) is 11.5 Å². The van der Waals surface area contributed by atoms with Crippen molar-refractivity contribution in [3.8, 4) is 0 Å². The van der Waals surface area contributed by atoms with Crippen LogP contribution in [0, 0.1) is 0 Å². The van der Waals surface area contributed by atoms with Crippen LogP contribution in [0.1, 0.15) is 17.2 Å². The molecule has 0 aromatic heterocycles. The molecule has 19 heavy (non-hydrogen) atoms. The molecule has 1 N–H and O–H groups in total. The van der Waals surface area contributed by atoms with Crippen LogP contribution in [0.3, 0.4) is 0 Å². The number of nitrogens with one attached hydrogen (secondary N) is 1. The molecular formula is C14H20N2O2S. The summed E-state index contributed by atoms with van der Waals surface area (Å²) >= 11 is 0. The highest BCUT2D eigenvalue weighted by molar-refractivity contribution is 7.91. The highest BCUT2D eigenvalue weighted by Gasteiger charge is 2.26. The third kappa shape index (κ3) is 2.99. The van der Waals surface area contributed by atoms with Gasteiger partial charge in [-0.1, -0.05) is 24.3 Å².